The number of benzene rings is 1. The highest BCUT2D eigenvalue weighted by molar-refractivity contribution is 5.76. The van der Waals surface area contributed by atoms with Crippen molar-refractivity contribution >= 4 is 11.9 Å². The van der Waals surface area contributed by atoms with Crippen molar-refractivity contribution in [2.45, 2.75) is 52.9 Å². The maximum absolute atomic E-state index is 12.2. The van der Waals surface area contributed by atoms with Crippen LogP contribution >= 0.6 is 0 Å². The lowest BCUT2D eigenvalue weighted by Crippen LogP contribution is -2.29. The van der Waals surface area contributed by atoms with Crippen LogP contribution in [0, 0.1) is 5.41 Å². The molecule has 0 saturated heterocycles. The second-order valence-electron chi connectivity index (χ2n) is 6.34. The van der Waals surface area contributed by atoms with Gasteiger partial charge >= 0.3 is 5.97 Å². The fourth-order valence-electron chi connectivity index (χ4n) is 2.25. The summed E-state index contributed by atoms with van der Waals surface area (Å²) in [6.07, 6.45) is 3.48. The lowest BCUT2D eigenvalue weighted by molar-refractivity contribution is -0.154. The van der Waals surface area contributed by atoms with Crippen molar-refractivity contribution in [1.82, 2.24) is 0 Å². The topological polar surface area (TPSA) is 69.4 Å². The molecule has 0 bridgehead atoms. The first-order valence-corrected chi connectivity index (χ1v) is 7.88. The molecule has 0 heterocycles. The SMILES string of the molecule is CCCCOC(=O)C(C)(C)Cc1cccc(CCC(N)=O)c1. The molecule has 0 fully saturated rings. The lowest BCUT2D eigenvalue weighted by atomic mass is 9.85. The molecule has 1 aromatic rings. The molecule has 2 N–H and O–H groups in total. The summed E-state index contributed by atoms with van der Waals surface area (Å²) < 4.78 is 5.33. The molecule has 0 aliphatic rings. The summed E-state index contributed by atoms with van der Waals surface area (Å²) in [5.41, 5.74) is 6.75. The summed E-state index contributed by atoms with van der Waals surface area (Å²) in [6, 6.07) is 7.95. The van der Waals surface area contributed by atoms with Crippen molar-refractivity contribution in [3.8, 4) is 0 Å². The van der Waals surface area contributed by atoms with Gasteiger partial charge in [-0.05, 0) is 44.2 Å². The van der Waals surface area contributed by atoms with Gasteiger partial charge in [-0.25, -0.2) is 0 Å². The lowest BCUT2D eigenvalue weighted by Gasteiger charge is -2.23. The molecule has 0 aliphatic heterocycles. The van der Waals surface area contributed by atoms with Crippen molar-refractivity contribution in [1.29, 1.82) is 0 Å². The van der Waals surface area contributed by atoms with E-state index >= 15 is 0 Å². The molecule has 1 amide bonds. The minimum atomic E-state index is -0.559. The van der Waals surface area contributed by atoms with Crippen molar-refractivity contribution in [3.63, 3.8) is 0 Å². The number of ether oxygens (including phenoxy) is 1. The van der Waals surface area contributed by atoms with E-state index in [4.69, 9.17) is 10.5 Å². The Bertz CT molecular complexity index is 509. The first-order valence-electron chi connectivity index (χ1n) is 7.88. The van der Waals surface area contributed by atoms with Gasteiger partial charge in [-0.3, -0.25) is 9.59 Å². The molecule has 22 heavy (non-hydrogen) atoms. The summed E-state index contributed by atoms with van der Waals surface area (Å²) in [4.78, 5) is 23.0. The monoisotopic (exact) mass is 305 g/mol. The zero-order chi connectivity index (χ0) is 16.6. The molecule has 1 rings (SSSR count). The Labute approximate surface area is 133 Å². The van der Waals surface area contributed by atoms with Crippen LogP contribution in [0.3, 0.4) is 0 Å². The van der Waals surface area contributed by atoms with Crippen molar-refractivity contribution in [2.75, 3.05) is 6.61 Å². The van der Waals surface area contributed by atoms with Gasteiger partial charge < -0.3 is 10.5 Å². The Morgan fingerprint density at radius 2 is 1.91 bits per heavy atom. The van der Waals surface area contributed by atoms with E-state index in [0.717, 1.165) is 24.0 Å². The summed E-state index contributed by atoms with van der Waals surface area (Å²) >= 11 is 0. The van der Waals surface area contributed by atoms with Crippen LogP contribution in [0.2, 0.25) is 0 Å². The summed E-state index contributed by atoms with van der Waals surface area (Å²) in [6.45, 7) is 6.35. The standard InChI is InChI=1S/C18H27NO3/c1-4-5-11-22-17(21)18(2,3)13-15-8-6-7-14(12-15)9-10-16(19)20/h6-8,12H,4-5,9-11,13H2,1-3H3,(H2,19,20). The van der Waals surface area contributed by atoms with Gasteiger partial charge in [0.25, 0.3) is 0 Å². The van der Waals surface area contributed by atoms with E-state index in [1.165, 1.54) is 0 Å². The fraction of sp³-hybridized carbons (Fsp3) is 0.556. The van der Waals surface area contributed by atoms with Crippen LogP contribution in [-0.4, -0.2) is 18.5 Å². The van der Waals surface area contributed by atoms with Crippen LogP contribution in [0.5, 0.6) is 0 Å². The van der Waals surface area contributed by atoms with Gasteiger partial charge in [0.2, 0.25) is 5.91 Å². The summed E-state index contributed by atoms with van der Waals surface area (Å²) in [5.74, 6) is -0.464. The van der Waals surface area contributed by atoms with E-state index in [9.17, 15) is 9.59 Å². The number of carbonyl (C=O) groups excluding carboxylic acids is 2. The molecule has 0 aliphatic carbocycles. The minimum Gasteiger partial charge on any atom is -0.465 e. The van der Waals surface area contributed by atoms with Crippen molar-refractivity contribution < 1.29 is 14.3 Å². The number of hydrogen-bond acceptors (Lipinski definition) is 3. The van der Waals surface area contributed by atoms with Gasteiger partial charge in [0.1, 0.15) is 0 Å². The van der Waals surface area contributed by atoms with Gasteiger partial charge in [-0.2, -0.15) is 0 Å². The van der Waals surface area contributed by atoms with E-state index < -0.39 is 5.41 Å². The van der Waals surface area contributed by atoms with Crippen LogP contribution in [0.1, 0.15) is 51.2 Å². The van der Waals surface area contributed by atoms with E-state index in [-0.39, 0.29) is 11.9 Å². The number of nitrogens with two attached hydrogens (primary N) is 1. The molecule has 4 heteroatoms. The Morgan fingerprint density at radius 3 is 2.55 bits per heavy atom. The molecule has 0 radical (unpaired) electrons. The molecule has 122 valence electrons. The molecule has 0 saturated carbocycles. The van der Waals surface area contributed by atoms with Crippen LogP contribution in [-0.2, 0) is 27.2 Å². The van der Waals surface area contributed by atoms with E-state index in [0.29, 0.717) is 25.9 Å². The molecule has 0 atom stereocenters. The van der Waals surface area contributed by atoms with Gasteiger partial charge in [-0.1, -0.05) is 37.6 Å². The predicted molar refractivity (Wildman–Crippen MR) is 87.3 cm³/mol. The van der Waals surface area contributed by atoms with Crippen LogP contribution in [0.15, 0.2) is 24.3 Å². The highest BCUT2D eigenvalue weighted by Gasteiger charge is 2.29. The third kappa shape index (κ3) is 6.29. The van der Waals surface area contributed by atoms with Gasteiger partial charge in [0.05, 0.1) is 12.0 Å². The molecule has 0 unspecified atom stereocenters. The number of unbranched alkanes of at least 4 members (excludes halogenated alkanes) is 1. The zero-order valence-electron chi connectivity index (χ0n) is 13.9. The highest BCUT2D eigenvalue weighted by Crippen LogP contribution is 2.24. The van der Waals surface area contributed by atoms with Gasteiger partial charge in [0, 0.05) is 6.42 Å². The first kappa shape index (κ1) is 18.2. The molecular weight excluding hydrogens is 278 g/mol. The third-order valence-corrected chi connectivity index (χ3v) is 3.58. The molecule has 1 aromatic carbocycles. The maximum atomic E-state index is 12.2. The minimum absolute atomic E-state index is 0.163. The maximum Gasteiger partial charge on any atom is 0.311 e. The fourth-order valence-corrected chi connectivity index (χ4v) is 2.25. The van der Waals surface area contributed by atoms with E-state index in [1.54, 1.807) is 0 Å². The zero-order valence-corrected chi connectivity index (χ0v) is 13.9. The number of hydrogen-bond donors (Lipinski definition) is 1. The largest absolute Gasteiger partial charge is 0.465 e. The Hall–Kier alpha value is -1.84. The second kappa shape index (κ2) is 8.57. The number of carbonyl (C=O) groups is 2. The Morgan fingerprint density at radius 1 is 1.23 bits per heavy atom. The summed E-state index contributed by atoms with van der Waals surface area (Å²) in [7, 11) is 0. The summed E-state index contributed by atoms with van der Waals surface area (Å²) in [5, 5.41) is 0. The average Bonchev–Trinajstić information content (AvgIpc) is 2.45. The Kier molecular flexibility index (Phi) is 7.09. The smallest absolute Gasteiger partial charge is 0.311 e. The molecule has 0 aromatic heterocycles. The van der Waals surface area contributed by atoms with Crippen molar-refractivity contribution in [2.24, 2.45) is 11.1 Å². The van der Waals surface area contributed by atoms with Crippen molar-refractivity contribution in [3.05, 3.63) is 35.4 Å². The second-order valence-corrected chi connectivity index (χ2v) is 6.34. The van der Waals surface area contributed by atoms with Crippen LogP contribution in [0.4, 0.5) is 0 Å². The average molecular weight is 305 g/mol. The molecule has 4 nitrogen and oxygen atoms in total. The normalized spacial score (nSPS) is 11.2. The van der Waals surface area contributed by atoms with Gasteiger partial charge in [0.15, 0.2) is 0 Å². The number of amides is 1. The molecule has 0 spiro atoms. The van der Waals surface area contributed by atoms with Gasteiger partial charge in [-0.15, -0.1) is 0 Å². The first-order chi connectivity index (χ1) is 10.3. The van der Waals surface area contributed by atoms with E-state index in [1.807, 2.05) is 38.1 Å². The predicted octanol–water partition coefficient (Wildman–Crippen LogP) is 3.02. The van der Waals surface area contributed by atoms with Crippen LogP contribution < -0.4 is 5.73 Å². The molecular formula is C18H27NO3. The number of esters is 1. The number of rotatable bonds is 9. The number of aryl methyl sites for hydroxylation is 1. The quantitative estimate of drug-likeness (QED) is 0.563. The van der Waals surface area contributed by atoms with E-state index in [2.05, 4.69) is 6.92 Å². The highest BCUT2D eigenvalue weighted by atomic mass is 16.5. The Balaban J connectivity index is 2.65. The third-order valence-electron chi connectivity index (χ3n) is 3.58. The number of primary amides is 1. The van der Waals surface area contributed by atoms with Crippen LogP contribution in [0.25, 0.3) is 0 Å².